The molecule has 0 aliphatic carbocycles. The smallest absolute Gasteiger partial charge is 0.317 e. The molecule has 0 aromatic carbocycles. The van der Waals surface area contributed by atoms with Crippen molar-refractivity contribution in [2.45, 2.75) is 25.2 Å². The largest absolute Gasteiger partial charge is 0.454 e. The van der Waals surface area contributed by atoms with Crippen molar-refractivity contribution in [1.29, 1.82) is 0 Å². The van der Waals surface area contributed by atoms with Crippen molar-refractivity contribution in [3.63, 3.8) is 0 Å². The summed E-state index contributed by atoms with van der Waals surface area (Å²) in [6, 6.07) is 2.85. The molecule has 122 valence electrons. The summed E-state index contributed by atoms with van der Waals surface area (Å²) in [6.45, 7) is 0.622. The van der Waals surface area contributed by atoms with E-state index in [1.165, 1.54) is 9.80 Å². The SMILES string of the molecule is CN(C)C(=O)c1ccc(CNC(=O)N2CC[C@H](O)[C@H](O)C2)o1. The highest BCUT2D eigenvalue weighted by Gasteiger charge is 2.28. The van der Waals surface area contributed by atoms with Crippen molar-refractivity contribution < 1.29 is 24.2 Å². The van der Waals surface area contributed by atoms with Crippen LogP contribution in [0.3, 0.4) is 0 Å². The Hall–Kier alpha value is -2.06. The van der Waals surface area contributed by atoms with Crippen LogP contribution >= 0.6 is 0 Å². The Kier molecular flexibility index (Phi) is 5.04. The number of carbonyl (C=O) groups excluding carboxylic acids is 2. The second-order valence-corrected chi connectivity index (χ2v) is 5.49. The fraction of sp³-hybridized carbons (Fsp3) is 0.571. The monoisotopic (exact) mass is 311 g/mol. The minimum atomic E-state index is -0.924. The van der Waals surface area contributed by atoms with E-state index < -0.39 is 12.2 Å². The first-order valence-electron chi connectivity index (χ1n) is 7.07. The standard InChI is InChI=1S/C14H21N3O5/c1-16(2)13(20)12-4-3-9(22-12)7-15-14(21)17-6-5-10(18)11(19)8-17/h3-4,10-11,18-19H,5-8H2,1-2H3,(H,15,21)/t10-,11+/m0/s1. The summed E-state index contributed by atoms with van der Waals surface area (Å²) in [5.74, 6) is 0.438. The molecule has 1 aromatic rings. The van der Waals surface area contributed by atoms with Gasteiger partial charge in [0.05, 0.1) is 25.3 Å². The van der Waals surface area contributed by atoms with Crippen molar-refractivity contribution in [3.8, 4) is 0 Å². The van der Waals surface area contributed by atoms with Gasteiger partial charge >= 0.3 is 6.03 Å². The Balaban J connectivity index is 1.85. The van der Waals surface area contributed by atoms with E-state index in [2.05, 4.69) is 5.32 Å². The Morgan fingerprint density at radius 1 is 1.36 bits per heavy atom. The van der Waals surface area contributed by atoms with E-state index in [1.54, 1.807) is 26.2 Å². The molecule has 0 spiro atoms. The highest BCUT2D eigenvalue weighted by Crippen LogP contribution is 2.12. The number of hydrogen-bond acceptors (Lipinski definition) is 5. The molecule has 0 saturated carbocycles. The van der Waals surface area contributed by atoms with Gasteiger partial charge in [-0.25, -0.2) is 4.79 Å². The zero-order valence-electron chi connectivity index (χ0n) is 12.7. The number of rotatable bonds is 3. The van der Waals surface area contributed by atoms with E-state index >= 15 is 0 Å². The number of β-amino-alcohol motifs (C(OH)–C–C–N with tert-alkyl or cyclic N) is 1. The van der Waals surface area contributed by atoms with Gasteiger partial charge in [-0.3, -0.25) is 4.79 Å². The number of nitrogens with zero attached hydrogens (tertiary/aromatic N) is 2. The minimum absolute atomic E-state index is 0.0928. The number of piperidine rings is 1. The number of aliphatic hydroxyl groups excluding tert-OH is 2. The molecule has 0 unspecified atom stereocenters. The molecule has 0 bridgehead atoms. The number of carbonyl (C=O) groups is 2. The van der Waals surface area contributed by atoms with Crippen LogP contribution in [-0.2, 0) is 6.54 Å². The lowest BCUT2D eigenvalue weighted by Crippen LogP contribution is -2.51. The van der Waals surface area contributed by atoms with Crippen molar-refractivity contribution in [2.24, 2.45) is 0 Å². The van der Waals surface area contributed by atoms with Gasteiger partial charge in [0.1, 0.15) is 5.76 Å². The number of furan rings is 1. The Morgan fingerprint density at radius 2 is 2.09 bits per heavy atom. The molecule has 0 radical (unpaired) electrons. The zero-order chi connectivity index (χ0) is 16.3. The molecular formula is C14H21N3O5. The molecular weight excluding hydrogens is 290 g/mol. The van der Waals surface area contributed by atoms with Crippen LogP contribution in [0.5, 0.6) is 0 Å². The lowest BCUT2D eigenvalue weighted by atomic mass is 10.1. The minimum Gasteiger partial charge on any atom is -0.454 e. The van der Waals surface area contributed by atoms with Gasteiger partial charge in [0.2, 0.25) is 0 Å². The number of urea groups is 1. The maximum absolute atomic E-state index is 12.0. The van der Waals surface area contributed by atoms with Crippen LogP contribution in [0.2, 0.25) is 0 Å². The first-order chi connectivity index (χ1) is 10.4. The second-order valence-electron chi connectivity index (χ2n) is 5.49. The number of amides is 3. The molecule has 1 aromatic heterocycles. The average molecular weight is 311 g/mol. The van der Waals surface area contributed by atoms with Crippen molar-refractivity contribution in [1.82, 2.24) is 15.1 Å². The van der Waals surface area contributed by atoms with Gasteiger partial charge in [-0.05, 0) is 18.6 Å². The van der Waals surface area contributed by atoms with Gasteiger partial charge in [-0.1, -0.05) is 0 Å². The molecule has 8 nitrogen and oxygen atoms in total. The predicted molar refractivity (Wildman–Crippen MR) is 77.2 cm³/mol. The number of aliphatic hydroxyl groups is 2. The Morgan fingerprint density at radius 3 is 2.73 bits per heavy atom. The second kappa shape index (κ2) is 6.80. The first kappa shape index (κ1) is 16.3. The van der Waals surface area contributed by atoms with E-state index in [4.69, 9.17) is 4.42 Å². The normalized spacial score (nSPS) is 21.5. The van der Waals surface area contributed by atoms with Crippen LogP contribution < -0.4 is 5.32 Å². The van der Waals surface area contributed by atoms with Gasteiger partial charge in [-0.15, -0.1) is 0 Å². The maximum Gasteiger partial charge on any atom is 0.317 e. The number of nitrogens with one attached hydrogen (secondary N) is 1. The fourth-order valence-electron chi connectivity index (χ4n) is 2.19. The lowest BCUT2D eigenvalue weighted by molar-refractivity contribution is -0.0277. The van der Waals surface area contributed by atoms with Gasteiger partial charge < -0.3 is 29.7 Å². The molecule has 2 atom stereocenters. The quantitative estimate of drug-likeness (QED) is 0.705. The summed E-state index contributed by atoms with van der Waals surface area (Å²) >= 11 is 0. The van der Waals surface area contributed by atoms with Crippen LogP contribution in [0.15, 0.2) is 16.5 Å². The molecule has 22 heavy (non-hydrogen) atoms. The summed E-state index contributed by atoms with van der Waals surface area (Å²) in [6.07, 6.45) is -1.36. The molecule has 3 N–H and O–H groups in total. The third-order valence-electron chi connectivity index (χ3n) is 3.53. The molecule has 8 heteroatoms. The molecule has 3 amide bonds. The molecule has 1 aliphatic heterocycles. The average Bonchev–Trinajstić information content (AvgIpc) is 2.95. The van der Waals surface area contributed by atoms with Crippen molar-refractivity contribution >= 4 is 11.9 Å². The summed E-state index contributed by atoms with van der Waals surface area (Å²) in [5.41, 5.74) is 0. The molecule has 1 saturated heterocycles. The molecule has 1 aliphatic rings. The van der Waals surface area contributed by atoms with Gasteiger partial charge in [0.15, 0.2) is 5.76 Å². The molecule has 2 heterocycles. The van der Waals surface area contributed by atoms with E-state index in [-0.39, 0.29) is 30.8 Å². The van der Waals surface area contributed by atoms with E-state index in [9.17, 15) is 19.8 Å². The maximum atomic E-state index is 12.0. The van der Waals surface area contributed by atoms with Gasteiger partial charge in [0, 0.05) is 20.6 Å². The Bertz CT molecular complexity index is 542. The number of likely N-dealkylation sites (tertiary alicyclic amines) is 1. The summed E-state index contributed by atoms with van der Waals surface area (Å²) in [5, 5.41) is 21.7. The van der Waals surface area contributed by atoms with E-state index in [1.807, 2.05) is 0 Å². The summed E-state index contributed by atoms with van der Waals surface area (Å²) in [4.78, 5) is 26.5. The van der Waals surface area contributed by atoms with Gasteiger partial charge in [0.25, 0.3) is 5.91 Å². The highest BCUT2D eigenvalue weighted by molar-refractivity contribution is 5.91. The molecule has 1 fully saturated rings. The summed E-state index contributed by atoms with van der Waals surface area (Å²) in [7, 11) is 3.25. The van der Waals surface area contributed by atoms with Crippen LogP contribution in [0.4, 0.5) is 4.79 Å². The Labute approximate surface area is 128 Å². The van der Waals surface area contributed by atoms with Crippen LogP contribution in [0.1, 0.15) is 22.7 Å². The van der Waals surface area contributed by atoms with E-state index in [0.717, 1.165) is 0 Å². The van der Waals surface area contributed by atoms with Crippen molar-refractivity contribution in [3.05, 3.63) is 23.7 Å². The van der Waals surface area contributed by atoms with Crippen LogP contribution in [-0.4, -0.2) is 71.3 Å². The lowest BCUT2D eigenvalue weighted by Gasteiger charge is -2.33. The van der Waals surface area contributed by atoms with E-state index in [0.29, 0.717) is 18.7 Å². The summed E-state index contributed by atoms with van der Waals surface area (Å²) < 4.78 is 5.37. The van der Waals surface area contributed by atoms with Crippen LogP contribution in [0, 0.1) is 0 Å². The molecule has 2 rings (SSSR count). The predicted octanol–water partition coefficient (Wildman–Crippen LogP) is -0.381. The van der Waals surface area contributed by atoms with Gasteiger partial charge in [-0.2, -0.15) is 0 Å². The fourth-order valence-corrected chi connectivity index (χ4v) is 2.19. The number of hydrogen-bond donors (Lipinski definition) is 3. The van der Waals surface area contributed by atoms with Crippen LogP contribution in [0.25, 0.3) is 0 Å². The topological polar surface area (TPSA) is 106 Å². The third-order valence-corrected chi connectivity index (χ3v) is 3.53. The zero-order valence-corrected chi connectivity index (χ0v) is 12.7. The first-order valence-corrected chi connectivity index (χ1v) is 7.07. The highest BCUT2D eigenvalue weighted by atomic mass is 16.4. The van der Waals surface area contributed by atoms with Crippen molar-refractivity contribution in [2.75, 3.05) is 27.2 Å². The third kappa shape index (κ3) is 3.77.